The zero-order valence-electron chi connectivity index (χ0n) is 9.40. The minimum atomic E-state index is -0.641. The van der Waals surface area contributed by atoms with E-state index >= 15 is 0 Å². The van der Waals surface area contributed by atoms with Crippen LogP contribution in [0.4, 0.5) is 0 Å². The third kappa shape index (κ3) is 2.37. The molecule has 0 fully saturated rings. The van der Waals surface area contributed by atoms with Gasteiger partial charge in [0.05, 0.1) is 12.1 Å². The number of carbonyl (C=O) groups is 2. The van der Waals surface area contributed by atoms with Crippen LogP contribution in [0.5, 0.6) is 0 Å². The predicted octanol–water partition coefficient (Wildman–Crippen LogP) is -0.257. The molecule has 0 aliphatic heterocycles. The number of para-hydroxylation sites is 1. The fraction of sp³-hybridized carbons (Fsp3) is 0.0833. The average Bonchev–Trinajstić information content (AvgIpc) is 2.34. The first-order chi connectivity index (χ1) is 8.58. The van der Waals surface area contributed by atoms with Gasteiger partial charge in [0, 0.05) is 17.0 Å². The molecule has 4 N–H and O–H groups in total. The highest BCUT2D eigenvalue weighted by Crippen LogP contribution is 2.14. The standard InChI is InChI=1S/C12H11N3O3/c13-10(16)6-14-12(18)8-5-11(17)15-9-4-2-1-3-7(8)9/h1-5H,6H2,(H2,13,16)(H,14,18)(H,15,17). The van der Waals surface area contributed by atoms with E-state index in [-0.39, 0.29) is 17.7 Å². The Labute approximate surface area is 102 Å². The first-order valence-electron chi connectivity index (χ1n) is 5.26. The van der Waals surface area contributed by atoms with Crippen LogP contribution in [0.15, 0.2) is 35.1 Å². The van der Waals surface area contributed by atoms with E-state index in [1.807, 2.05) is 0 Å². The van der Waals surface area contributed by atoms with Crippen molar-refractivity contribution in [3.63, 3.8) is 0 Å². The van der Waals surface area contributed by atoms with Crippen LogP contribution in [0.3, 0.4) is 0 Å². The first kappa shape index (κ1) is 11.8. The molecule has 1 aromatic heterocycles. The van der Waals surface area contributed by atoms with Crippen molar-refractivity contribution in [2.24, 2.45) is 5.73 Å². The minimum absolute atomic E-state index is 0.218. The number of hydrogen-bond acceptors (Lipinski definition) is 3. The van der Waals surface area contributed by atoms with Crippen LogP contribution in [0.25, 0.3) is 10.9 Å². The molecule has 2 amide bonds. The number of primary amides is 1. The molecule has 0 atom stereocenters. The molecule has 2 aromatic rings. The maximum Gasteiger partial charge on any atom is 0.252 e. The van der Waals surface area contributed by atoms with E-state index in [2.05, 4.69) is 10.3 Å². The Kier molecular flexibility index (Phi) is 3.09. The number of benzene rings is 1. The molecule has 0 aliphatic rings. The Bertz CT molecular complexity index is 676. The van der Waals surface area contributed by atoms with E-state index < -0.39 is 11.8 Å². The van der Waals surface area contributed by atoms with Gasteiger partial charge in [0.25, 0.3) is 5.91 Å². The molecule has 6 heteroatoms. The van der Waals surface area contributed by atoms with Gasteiger partial charge >= 0.3 is 0 Å². The number of hydrogen-bond donors (Lipinski definition) is 3. The number of amides is 2. The fourth-order valence-electron chi connectivity index (χ4n) is 1.66. The van der Waals surface area contributed by atoms with Crippen LogP contribution in [0.2, 0.25) is 0 Å². The van der Waals surface area contributed by atoms with Gasteiger partial charge in [-0.05, 0) is 6.07 Å². The Morgan fingerprint density at radius 3 is 2.72 bits per heavy atom. The summed E-state index contributed by atoms with van der Waals surface area (Å²) in [6, 6.07) is 8.11. The van der Waals surface area contributed by atoms with Gasteiger partial charge in [0.15, 0.2) is 0 Å². The molecule has 1 aromatic carbocycles. The highest BCUT2D eigenvalue weighted by atomic mass is 16.2. The van der Waals surface area contributed by atoms with Gasteiger partial charge in [-0.2, -0.15) is 0 Å². The quantitative estimate of drug-likeness (QED) is 0.693. The molecular formula is C12H11N3O3. The Hall–Kier alpha value is -2.63. The van der Waals surface area contributed by atoms with Crippen molar-refractivity contribution in [1.29, 1.82) is 0 Å². The van der Waals surface area contributed by atoms with Crippen molar-refractivity contribution in [3.05, 3.63) is 46.2 Å². The second kappa shape index (κ2) is 4.70. The summed E-state index contributed by atoms with van der Waals surface area (Å²) in [4.78, 5) is 36.5. The van der Waals surface area contributed by atoms with Crippen molar-refractivity contribution in [1.82, 2.24) is 10.3 Å². The summed E-state index contributed by atoms with van der Waals surface area (Å²) in [6.45, 7) is -0.264. The predicted molar refractivity (Wildman–Crippen MR) is 66.1 cm³/mol. The van der Waals surface area contributed by atoms with Crippen LogP contribution >= 0.6 is 0 Å². The van der Waals surface area contributed by atoms with Gasteiger partial charge < -0.3 is 16.0 Å². The molecule has 0 saturated carbocycles. The number of fused-ring (bicyclic) bond motifs is 1. The minimum Gasteiger partial charge on any atom is -0.368 e. The molecule has 0 aliphatic carbocycles. The smallest absolute Gasteiger partial charge is 0.252 e. The van der Waals surface area contributed by atoms with E-state index in [4.69, 9.17) is 5.73 Å². The van der Waals surface area contributed by atoms with E-state index in [0.717, 1.165) is 0 Å². The maximum absolute atomic E-state index is 11.8. The van der Waals surface area contributed by atoms with Gasteiger partial charge in [-0.25, -0.2) is 0 Å². The van der Waals surface area contributed by atoms with Gasteiger partial charge in [0.2, 0.25) is 11.5 Å². The average molecular weight is 245 g/mol. The highest BCUT2D eigenvalue weighted by molar-refractivity contribution is 6.06. The summed E-state index contributed by atoms with van der Waals surface area (Å²) >= 11 is 0. The van der Waals surface area contributed by atoms with Gasteiger partial charge in [-0.15, -0.1) is 0 Å². The molecule has 0 saturated heterocycles. The molecule has 18 heavy (non-hydrogen) atoms. The topological polar surface area (TPSA) is 105 Å². The van der Waals surface area contributed by atoms with Gasteiger partial charge in [-0.3, -0.25) is 14.4 Å². The number of rotatable bonds is 3. The molecule has 2 rings (SSSR count). The number of aromatic amines is 1. The molecule has 0 bridgehead atoms. The van der Waals surface area contributed by atoms with E-state index in [9.17, 15) is 14.4 Å². The van der Waals surface area contributed by atoms with Crippen molar-refractivity contribution < 1.29 is 9.59 Å². The lowest BCUT2D eigenvalue weighted by atomic mass is 10.1. The second-order valence-electron chi connectivity index (χ2n) is 3.74. The summed E-state index contributed by atoms with van der Waals surface area (Å²) in [5, 5.41) is 2.96. The molecule has 0 spiro atoms. The third-order valence-corrected chi connectivity index (χ3v) is 2.42. The van der Waals surface area contributed by atoms with Crippen LogP contribution < -0.4 is 16.6 Å². The third-order valence-electron chi connectivity index (χ3n) is 2.42. The van der Waals surface area contributed by atoms with Crippen molar-refractivity contribution in [2.45, 2.75) is 0 Å². The fourth-order valence-corrected chi connectivity index (χ4v) is 1.66. The summed E-state index contributed by atoms with van der Waals surface area (Å²) in [5.74, 6) is -1.14. The zero-order valence-corrected chi connectivity index (χ0v) is 9.40. The molecule has 0 radical (unpaired) electrons. The summed E-state index contributed by atoms with van der Waals surface area (Å²) < 4.78 is 0. The van der Waals surface area contributed by atoms with Crippen molar-refractivity contribution in [2.75, 3.05) is 6.54 Å². The summed E-state index contributed by atoms with van der Waals surface area (Å²) in [6.07, 6.45) is 0. The Balaban J connectivity index is 2.46. The lowest BCUT2D eigenvalue weighted by Gasteiger charge is -2.06. The molecule has 0 unspecified atom stereocenters. The number of nitrogens with two attached hydrogens (primary N) is 1. The maximum atomic E-state index is 11.8. The van der Waals surface area contributed by atoms with Crippen LogP contribution in [0.1, 0.15) is 10.4 Å². The monoisotopic (exact) mass is 245 g/mol. The lowest BCUT2D eigenvalue weighted by molar-refractivity contribution is -0.117. The summed E-state index contributed by atoms with van der Waals surface area (Å²) in [7, 11) is 0. The first-order valence-corrected chi connectivity index (χ1v) is 5.26. The number of H-pyrrole nitrogens is 1. The van der Waals surface area contributed by atoms with Gasteiger partial charge in [0.1, 0.15) is 0 Å². The van der Waals surface area contributed by atoms with Gasteiger partial charge in [-0.1, -0.05) is 18.2 Å². The summed E-state index contributed by atoms with van der Waals surface area (Å²) in [5.41, 5.74) is 5.35. The van der Waals surface area contributed by atoms with Crippen molar-refractivity contribution >= 4 is 22.7 Å². The number of carbonyl (C=O) groups excluding carboxylic acids is 2. The number of aromatic nitrogens is 1. The van der Waals surface area contributed by atoms with E-state index in [1.165, 1.54) is 6.07 Å². The Morgan fingerprint density at radius 2 is 2.00 bits per heavy atom. The zero-order chi connectivity index (χ0) is 13.1. The van der Waals surface area contributed by atoms with Crippen LogP contribution in [0, 0.1) is 0 Å². The van der Waals surface area contributed by atoms with E-state index in [1.54, 1.807) is 24.3 Å². The molecule has 6 nitrogen and oxygen atoms in total. The Morgan fingerprint density at radius 1 is 1.28 bits per heavy atom. The largest absolute Gasteiger partial charge is 0.368 e. The molecule has 92 valence electrons. The van der Waals surface area contributed by atoms with Crippen molar-refractivity contribution in [3.8, 4) is 0 Å². The van der Waals surface area contributed by atoms with E-state index in [0.29, 0.717) is 10.9 Å². The van der Waals surface area contributed by atoms with Crippen LogP contribution in [-0.2, 0) is 4.79 Å². The molecular weight excluding hydrogens is 234 g/mol. The number of nitrogens with one attached hydrogen (secondary N) is 2. The SMILES string of the molecule is NC(=O)CNC(=O)c1cc(=O)[nH]c2ccccc12. The second-order valence-corrected chi connectivity index (χ2v) is 3.74. The highest BCUT2D eigenvalue weighted by Gasteiger charge is 2.11. The normalized spacial score (nSPS) is 10.2. The number of pyridine rings is 1. The van der Waals surface area contributed by atoms with Crippen LogP contribution in [-0.4, -0.2) is 23.3 Å². The lowest BCUT2D eigenvalue weighted by Crippen LogP contribution is -2.33. The molecule has 1 heterocycles.